The van der Waals surface area contributed by atoms with Crippen LogP contribution in [0, 0.1) is 28.6 Å². The molecule has 0 bridgehead atoms. The van der Waals surface area contributed by atoms with E-state index in [2.05, 4.69) is 0 Å². The molecule has 34 heavy (non-hydrogen) atoms. The van der Waals surface area contributed by atoms with Gasteiger partial charge < -0.3 is 14.6 Å². The summed E-state index contributed by atoms with van der Waals surface area (Å²) in [5.74, 6) is -0.816. The van der Waals surface area contributed by atoms with Crippen LogP contribution in [0.2, 0.25) is 0 Å². The molecular formula is C26H34Cl2O5S. The van der Waals surface area contributed by atoms with Gasteiger partial charge in [0.05, 0.1) is 7.11 Å². The maximum absolute atomic E-state index is 12.9. The minimum absolute atomic E-state index is 0.0362. The first-order valence-electron chi connectivity index (χ1n) is 12.1. The lowest BCUT2D eigenvalue weighted by Crippen LogP contribution is -2.72. The molecule has 0 saturated heterocycles. The number of alkyl halides is 2. The molecule has 3 saturated carbocycles. The summed E-state index contributed by atoms with van der Waals surface area (Å²) in [5, 5.41) is 10.3. The summed E-state index contributed by atoms with van der Waals surface area (Å²) in [5.41, 5.74) is -1.91. The zero-order chi connectivity index (χ0) is 25.3. The van der Waals surface area contributed by atoms with Crippen molar-refractivity contribution >= 4 is 52.2 Å². The van der Waals surface area contributed by atoms with Crippen LogP contribution < -0.4 is 0 Å². The number of hydrogen-bond donors (Lipinski definition) is 1. The number of aliphatic hydroxyl groups is 1. The number of carbonyl (C=O) groups is 2. The van der Waals surface area contributed by atoms with E-state index in [1.807, 2.05) is 33.8 Å². The second-order valence-corrected chi connectivity index (χ2v) is 12.6. The Morgan fingerprint density at radius 3 is 2.59 bits per heavy atom. The number of ether oxygens (including phenoxy) is 2. The highest BCUT2D eigenvalue weighted by Gasteiger charge is 2.79. The number of hydrogen-bond acceptors (Lipinski definition) is 6. The van der Waals surface area contributed by atoms with Crippen molar-refractivity contribution in [2.75, 3.05) is 7.11 Å². The minimum Gasteiger partial charge on any atom is -0.487 e. The van der Waals surface area contributed by atoms with Gasteiger partial charge in [-0.25, -0.2) is 0 Å². The van der Waals surface area contributed by atoms with Crippen molar-refractivity contribution in [3.05, 3.63) is 23.8 Å². The maximum atomic E-state index is 12.9. The summed E-state index contributed by atoms with van der Waals surface area (Å²) < 4.78 is 11.8. The first-order valence-corrected chi connectivity index (χ1v) is 13.3. The van der Waals surface area contributed by atoms with Gasteiger partial charge in [-0.05, 0) is 61.9 Å². The molecule has 4 aliphatic carbocycles. The fourth-order valence-corrected chi connectivity index (χ4v) is 9.48. The Morgan fingerprint density at radius 1 is 1.29 bits per heavy atom. The number of allylic oxidation sites excluding steroid dienone is 4. The van der Waals surface area contributed by atoms with E-state index in [1.54, 1.807) is 6.08 Å². The number of esters is 1. The van der Waals surface area contributed by atoms with Gasteiger partial charge in [0.2, 0.25) is 5.05 Å². The summed E-state index contributed by atoms with van der Waals surface area (Å²) in [6.45, 7) is 7.90. The van der Waals surface area contributed by atoms with Crippen LogP contribution in [0.15, 0.2) is 23.8 Å². The number of halogens is 2. The van der Waals surface area contributed by atoms with Crippen LogP contribution in [0.25, 0.3) is 0 Å². The first kappa shape index (κ1) is 26.1. The highest BCUT2D eigenvalue weighted by atomic mass is 35.5. The first-order chi connectivity index (χ1) is 15.7. The lowest BCUT2D eigenvalue weighted by Gasteiger charge is -2.66. The Hall–Kier alpha value is -0.950. The van der Waals surface area contributed by atoms with E-state index in [-0.39, 0.29) is 47.4 Å². The van der Waals surface area contributed by atoms with Crippen LogP contribution in [0.1, 0.15) is 66.2 Å². The summed E-state index contributed by atoms with van der Waals surface area (Å²) in [6.07, 6.45) is 7.97. The van der Waals surface area contributed by atoms with Crippen LogP contribution in [0.5, 0.6) is 0 Å². The van der Waals surface area contributed by atoms with E-state index in [4.69, 9.17) is 44.9 Å². The van der Waals surface area contributed by atoms with Crippen LogP contribution >= 0.6 is 35.4 Å². The molecule has 4 aliphatic rings. The largest absolute Gasteiger partial charge is 0.487 e. The number of rotatable bonds is 4. The lowest BCUT2D eigenvalue weighted by molar-refractivity contribution is -0.188. The molecular weight excluding hydrogens is 495 g/mol. The second-order valence-electron chi connectivity index (χ2n) is 11.0. The minimum atomic E-state index is -1.86. The van der Waals surface area contributed by atoms with Crippen molar-refractivity contribution in [1.82, 2.24) is 0 Å². The number of ketones is 1. The molecule has 0 heterocycles. The molecule has 3 fully saturated rings. The molecule has 188 valence electrons. The van der Waals surface area contributed by atoms with Crippen LogP contribution in [-0.2, 0) is 19.1 Å². The van der Waals surface area contributed by atoms with Gasteiger partial charge in [0.25, 0.3) is 0 Å². The second kappa shape index (κ2) is 8.29. The van der Waals surface area contributed by atoms with Crippen LogP contribution in [0.4, 0.5) is 0 Å². The number of carbonyl (C=O) groups excluding carboxylic acids is 2. The molecule has 0 radical (unpaired) electrons. The third kappa shape index (κ3) is 3.10. The third-order valence-corrected chi connectivity index (χ3v) is 11.4. The van der Waals surface area contributed by atoms with Crippen molar-refractivity contribution in [3.8, 4) is 0 Å². The molecule has 0 aromatic heterocycles. The number of methoxy groups -OCH3 is 1. The molecule has 5 nitrogen and oxygen atoms in total. The van der Waals surface area contributed by atoms with Crippen molar-refractivity contribution in [2.24, 2.45) is 28.6 Å². The Balaban J connectivity index is 1.88. The normalized spacial score (nSPS) is 47.2. The highest BCUT2D eigenvalue weighted by Crippen LogP contribution is 2.75. The Bertz CT molecular complexity index is 992. The standard InChI is InChI=1S/C26H34Cl2O5S/c1-6-7-20(30)33-25(21(34)32-5)15(2)12-19-18-9-8-16-13-17(29)10-11-22(16,3)26(18,28)24(27,31)14-23(19,25)4/h10-11,13,15,18-19,31H,6-9,12,14H2,1-5H3/t15-,18-,19-,22-,23-,24+,25-,26+/m0/s1. The molecule has 0 unspecified atom stereocenters. The fourth-order valence-electron chi connectivity index (χ4n) is 7.88. The molecule has 0 amide bonds. The van der Waals surface area contributed by atoms with Crippen molar-refractivity contribution in [3.63, 3.8) is 0 Å². The molecule has 0 aromatic rings. The van der Waals surface area contributed by atoms with Gasteiger partial charge in [0.15, 0.2) is 16.4 Å². The van der Waals surface area contributed by atoms with Gasteiger partial charge in [-0.2, -0.15) is 0 Å². The Kier molecular flexibility index (Phi) is 6.37. The van der Waals surface area contributed by atoms with Gasteiger partial charge in [-0.1, -0.05) is 50.9 Å². The maximum Gasteiger partial charge on any atom is 0.306 e. The van der Waals surface area contributed by atoms with Gasteiger partial charge in [-0.15, -0.1) is 11.6 Å². The Morgan fingerprint density at radius 2 is 1.97 bits per heavy atom. The summed E-state index contributed by atoms with van der Waals surface area (Å²) >= 11 is 20.3. The highest BCUT2D eigenvalue weighted by molar-refractivity contribution is 7.80. The van der Waals surface area contributed by atoms with Gasteiger partial charge in [0, 0.05) is 29.6 Å². The van der Waals surface area contributed by atoms with E-state index in [1.165, 1.54) is 13.2 Å². The van der Waals surface area contributed by atoms with Crippen LogP contribution in [-0.4, -0.2) is 44.6 Å². The van der Waals surface area contributed by atoms with Crippen molar-refractivity contribution in [1.29, 1.82) is 0 Å². The third-order valence-electron chi connectivity index (χ3n) is 9.39. The zero-order valence-corrected chi connectivity index (χ0v) is 22.8. The average Bonchev–Trinajstić information content (AvgIpc) is 2.96. The van der Waals surface area contributed by atoms with E-state index >= 15 is 0 Å². The van der Waals surface area contributed by atoms with Gasteiger partial charge in [0.1, 0.15) is 4.87 Å². The predicted molar refractivity (Wildman–Crippen MR) is 136 cm³/mol. The summed E-state index contributed by atoms with van der Waals surface area (Å²) in [7, 11) is 1.49. The topological polar surface area (TPSA) is 72.8 Å². The molecule has 0 aromatic carbocycles. The monoisotopic (exact) mass is 528 g/mol. The van der Waals surface area contributed by atoms with E-state index in [0.29, 0.717) is 25.7 Å². The van der Waals surface area contributed by atoms with Gasteiger partial charge >= 0.3 is 5.97 Å². The molecule has 0 aliphatic heterocycles. The molecule has 1 N–H and O–H groups in total. The van der Waals surface area contributed by atoms with E-state index < -0.39 is 26.4 Å². The zero-order valence-electron chi connectivity index (χ0n) is 20.5. The molecule has 8 heteroatoms. The smallest absolute Gasteiger partial charge is 0.306 e. The number of fused-ring (bicyclic) bond motifs is 5. The number of thiocarbonyl (C=S) groups is 1. The van der Waals surface area contributed by atoms with Gasteiger partial charge in [-0.3, -0.25) is 9.59 Å². The summed E-state index contributed by atoms with van der Waals surface area (Å²) in [6, 6.07) is 0. The van der Waals surface area contributed by atoms with Crippen LogP contribution in [0.3, 0.4) is 0 Å². The van der Waals surface area contributed by atoms with E-state index in [9.17, 15) is 14.7 Å². The molecule has 8 atom stereocenters. The van der Waals surface area contributed by atoms with E-state index in [0.717, 1.165) is 5.57 Å². The SMILES string of the molecule is CCCC(=O)O[C@]1(C(=S)OC)[C@@H](C)C[C@H]2[C@@H]3CCC4=CC(=O)C=C[C@]4(C)[C@@]3(Cl)[C@@](O)(Cl)C[C@@]21C. The predicted octanol–water partition coefficient (Wildman–Crippen LogP) is 5.49. The van der Waals surface area contributed by atoms with Crippen molar-refractivity contribution in [2.45, 2.75) is 81.8 Å². The Labute approximate surface area is 217 Å². The van der Waals surface area contributed by atoms with Crippen molar-refractivity contribution < 1.29 is 24.2 Å². The molecule has 0 spiro atoms. The summed E-state index contributed by atoms with van der Waals surface area (Å²) in [4.78, 5) is 23.7. The fraction of sp³-hybridized carbons (Fsp3) is 0.731. The lowest BCUT2D eigenvalue weighted by atomic mass is 9.45. The average molecular weight is 530 g/mol. The quantitative estimate of drug-likeness (QED) is 0.295. The molecule has 4 rings (SSSR count).